The van der Waals surface area contributed by atoms with E-state index in [-0.39, 0.29) is 26.2 Å². The molecule has 0 saturated heterocycles. The van der Waals surface area contributed by atoms with Gasteiger partial charge in [-0.3, -0.25) is 0 Å². The molecule has 0 aliphatic heterocycles. The van der Waals surface area contributed by atoms with Gasteiger partial charge in [-0.15, -0.1) is 0 Å². The number of phenolic OH excluding ortho intramolecular Hbond substituents is 1. The van der Waals surface area contributed by atoms with Crippen LogP contribution in [0.2, 0.25) is 0 Å². The molecule has 1 aliphatic carbocycles. The van der Waals surface area contributed by atoms with Gasteiger partial charge in [0.1, 0.15) is 5.75 Å². The summed E-state index contributed by atoms with van der Waals surface area (Å²) in [6.07, 6.45) is 9.50. The third kappa shape index (κ3) is 6.54. The molecular formula is C11H12OZr. The molecule has 1 aliphatic rings. The van der Waals surface area contributed by atoms with Crippen molar-refractivity contribution in [3.05, 3.63) is 54.6 Å². The van der Waals surface area contributed by atoms with E-state index in [1.165, 1.54) is 0 Å². The van der Waals surface area contributed by atoms with Gasteiger partial charge in [0.15, 0.2) is 0 Å². The number of hydrogen-bond acceptors (Lipinski definition) is 1. The van der Waals surface area contributed by atoms with E-state index in [1.54, 1.807) is 24.3 Å². The van der Waals surface area contributed by atoms with Gasteiger partial charge in [0.05, 0.1) is 0 Å². The molecule has 2 heteroatoms. The molecule has 0 unspecified atom stereocenters. The summed E-state index contributed by atoms with van der Waals surface area (Å²) in [5.41, 5.74) is 0. The molecule has 1 N–H and O–H groups in total. The van der Waals surface area contributed by atoms with E-state index in [0.717, 1.165) is 6.42 Å². The summed E-state index contributed by atoms with van der Waals surface area (Å²) in [7, 11) is 0. The van der Waals surface area contributed by atoms with Crippen molar-refractivity contribution in [2.45, 2.75) is 6.42 Å². The Morgan fingerprint density at radius 3 is 1.69 bits per heavy atom. The van der Waals surface area contributed by atoms with E-state index >= 15 is 0 Å². The summed E-state index contributed by atoms with van der Waals surface area (Å²) in [5.74, 6) is 0.322. The Labute approximate surface area is 97.9 Å². The zero-order chi connectivity index (χ0) is 8.65. The van der Waals surface area contributed by atoms with Crippen molar-refractivity contribution in [3.63, 3.8) is 0 Å². The van der Waals surface area contributed by atoms with Gasteiger partial charge in [0, 0.05) is 26.2 Å². The van der Waals surface area contributed by atoms with E-state index < -0.39 is 0 Å². The van der Waals surface area contributed by atoms with Gasteiger partial charge in [-0.25, -0.2) is 0 Å². The minimum Gasteiger partial charge on any atom is -0.508 e. The topological polar surface area (TPSA) is 20.2 Å². The van der Waals surface area contributed by atoms with Crippen LogP contribution in [0.4, 0.5) is 0 Å². The van der Waals surface area contributed by atoms with E-state index in [0.29, 0.717) is 5.75 Å². The maximum Gasteiger partial charge on any atom is 0.115 e. The van der Waals surface area contributed by atoms with Gasteiger partial charge in [-0.2, -0.15) is 0 Å². The van der Waals surface area contributed by atoms with Gasteiger partial charge in [-0.05, 0) is 18.6 Å². The summed E-state index contributed by atoms with van der Waals surface area (Å²) in [4.78, 5) is 0. The second-order valence-corrected chi connectivity index (χ2v) is 2.43. The molecule has 1 aromatic carbocycles. The van der Waals surface area contributed by atoms with Crippen molar-refractivity contribution in [2.24, 2.45) is 0 Å². The minimum atomic E-state index is 0. The van der Waals surface area contributed by atoms with Crippen LogP contribution in [-0.2, 0) is 26.2 Å². The zero-order valence-corrected chi connectivity index (χ0v) is 9.81. The van der Waals surface area contributed by atoms with Gasteiger partial charge in [0.25, 0.3) is 0 Å². The molecule has 66 valence electrons. The first-order valence-corrected chi connectivity index (χ1v) is 3.95. The second kappa shape index (κ2) is 8.00. The number of benzene rings is 1. The average Bonchev–Trinajstić information content (AvgIpc) is 2.62. The Bertz CT molecular complexity index is 255. The SMILES string of the molecule is C1=CCC=C1.Oc1ccccc1.[Zr]. The van der Waals surface area contributed by atoms with Gasteiger partial charge < -0.3 is 5.11 Å². The van der Waals surface area contributed by atoms with Crippen LogP contribution in [0.3, 0.4) is 0 Å². The number of para-hydroxylation sites is 1. The summed E-state index contributed by atoms with van der Waals surface area (Å²) in [5, 5.41) is 8.63. The second-order valence-electron chi connectivity index (χ2n) is 2.43. The molecular weight excluding hydrogens is 239 g/mol. The largest absolute Gasteiger partial charge is 0.508 e. The Morgan fingerprint density at radius 1 is 0.923 bits per heavy atom. The Kier molecular flexibility index (Phi) is 7.62. The van der Waals surface area contributed by atoms with Gasteiger partial charge >= 0.3 is 0 Å². The third-order valence-electron chi connectivity index (χ3n) is 1.41. The van der Waals surface area contributed by atoms with Crippen molar-refractivity contribution >= 4 is 0 Å². The Balaban J connectivity index is 0.000000215. The Hall–Kier alpha value is -0.617. The Morgan fingerprint density at radius 2 is 1.46 bits per heavy atom. The predicted molar refractivity (Wildman–Crippen MR) is 51.0 cm³/mol. The molecule has 2 rings (SSSR count). The standard InChI is InChI=1S/C6H6O.C5H6.Zr/c7-6-4-2-1-3-5-6;1-2-4-5-3-1;/h1-5,7H;1-4H,5H2;. The van der Waals surface area contributed by atoms with E-state index in [2.05, 4.69) is 24.3 Å². The number of phenols is 1. The van der Waals surface area contributed by atoms with E-state index in [4.69, 9.17) is 5.11 Å². The zero-order valence-electron chi connectivity index (χ0n) is 7.35. The summed E-state index contributed by atoms with van der Waals surface area (Å²) in [6.45, 7) is 0. The molecule has 0 spiro atoms. The smallest absolute Gasteiger partial charge is 0.115 e. The normalized spacial score (nSPS) is 11.4. The number of rotatable bonds is 0. The summed E-state index contributed by atoms with van der Waals surface area (Å²) in [6, 6.07) is 8.71. The predicted octanol–water partition coefficient (Wildman–Crippen LogP) is 2.89. The summed E-state index contributed by atoms with van der Waals surface area (Å²) < 4.78 is 0. The monoisotopic (exact) mass is 250 g/mol. The van der Waals surface area contributed by atoms with Crippen molar-refractivity contribution in [2.75, 3.05) is 0 Å². The van der Waals surface area contributed by atoms with Crippen LogP contribution in [0.15, 0.2) is 54.6 Å². The minimum absolute atomic E-state index is 0. The molecule has 0 saturated carbocycles. The van der Waals surface area contributed by atoms with Crippen LogP contribution in [0.5, 0.6) is 5.75 Å². The third-order valence-corrected chi connectivity index (χ3v) is 1.41. The van der Waals surface area contributed by atoms with Crippen LogP contribution in [0.25, 0.3) is 0 Å². The van der Waals surface area contributed by atoms with Crippen LogP contribution in [0.1, 0.15) is 6.42 Å². The molecule has 0 amide bonds. The molecule has 0 atom stereocenters. The molecule has 0 radical (unpaired) electrons. The number of aromatic hydroxyl groups is 1. The fourth-order valence-electron chi connectivity index (χ4n) is 0.821. The first-order valence-electron chi connectivity index (χ1n) is 3.95. The average molecular weight is 251 g/mol. The molecule has 1 aromatic rings. The summed E-state index contributed by atoms with van der Waals surface area (Å²) >= 11 is 0. The molecule has 0 aromatic heterocycles. The van der Waals surface area contributed by atoms with Crippen molar-refractivity contribution in [3.8, 4) is 5.75 Å². The van der Waals surface area contributed by atoms with Crippen LogP contribution < -0.4 is 0 Å². The molecule has 0 heterocycles. The maximum atomic E-state index is 8.63. The van der Waals surface area contributed by atoms with Crippen LogP contribution >= 0.6 is 0 Å². The fourth-order valence-corrected chi connectivity index (χ4v) is 0.821. The molecule has 13 heavy (non-hydrogen) atoms. The van der Waals surface area contributed by atoms with Crippen molar-refractivity contribution in [1.82, 2.24) is 0 Å². The number of allylic oxidation sites excluding steroid dienone is 4. The molecule has 0 fully saturated rings. The van der Waals surface area contributed by atoms with Crippen molar-refractivity contribution < 1.29 is 31.3 Å². The first-order chi connectivity index (χ1) is 5.89. The van der Waals surface area contributed by atoms with Crippen molar-refractivity contribution in [1.29, 1.82) is 0 Å². The van der Waals surface area contributed by atoms with Crippen LogP contribution in [0, 0.1) is 0 Å². The van der Waals surface area contributed by atoms with Crippen LogP contribution in [-0.4, -0.2) is 5.11 Å². The van der Waals surface area contributed by atoms with Gasteiger partial charge in [-0.1, -0.05) is 42.5 Å². The molecule has 1 nitrogen and oxygen atoms in total. The maximum absolute atomic E-state index is 8.63. The van der Waals surface area contributed by atoms with Gasteiger partial charge in [0.2, 0.25) is 0 Å². The number of hydrogen-bond donors (Lipinski definition) is 1. The quantitative estimate of drug-likeness (QED) is 0.752. The fraction of sp³-hybridized carbons (Fsp3) is 0.0909. The van der Waals surface area contributed by atoms with E-state index in [9.17, 15) is 0 Å². The molecule has 0 bridgehead atoms. The van der Waals surface area contributed by atoms with E-state index in [1.807, 2.05) is 6.07 Å². The first kappa shape index (κ1) is 12.4.